The van der Waals surface area contributed by atoms with Gasteiger partial charge in [0, 0.05) is 11.9 Å². The molecule has 3 nitrogen and oxygen atoms in total. The molecule has 2 N–H and O–H groups in total. The van der Waals surface area contributed by atoms with E-state index in [9.17, 15) is 4.79 Å². The van der Waals surface area contributed by atoms with Crippen molar-refractivity contribution in [2.45, 2.75) is 0 Å². The van der Waals surface area contributed by atoms with Crippen molar-refractivity contribution in [3.63, 3.8) is 0 Å². The van der Waals surface area contributed by atoms with E-state index in [1.807, 2.05) is 24.4 Å². The number of hydrogen-bond donors (Lipinski definition) is 2. The Morgan fingerprint density at radius 1 is 1.21 bits per heavy atom. The van der Waals surface area contributed by atoms with Gasteiger partial charge in [-0.15, -0.1) is 0 Å². The highest BCUT2D eigenvalue weighted by atomic mass is 16.4. The first kappa shape index (κ1) is 8.56. The fourth-order valence-corrected chi connectivity index (χ4v) is 1.33. The summed E-state index contributed by atoms with van der Waals surface area (Å²) in [7, 11) is 0. The summed E-state index contributed by atoms with van der Waals surface area (Å²) in [5.74, 6) is -0.904. The van der Waals surface area contributed by atoms with Gasteiger partial charge < -0.3 is 10.1 Å². The van der Waals surface area contributed by atoms with E-state index < -0.39 is 5.97 Å². The van der Waals surface area contributed by atoms with E-state index in [2.05, 4.69) is 4.98 Å². The third kappa shape index (κ3) is 1.52. The molecule has 0 aliphatic rings. The number of benzene rings is 1. The van der Waals surface area contributed by atoms with Crippen LogP contribution in [0, 0.1) is 0 Å². The van der Waals surface area contributed by atoms with Crippen LogP contribution in [0.2, 0.25) is 0 Å². The van der Waals surface area contributed by atoms with E-state index in [1.165, 1.54) is 0 Å². The molecule has 0 radical (unpaired) electrons. The van der Waals surface area contributed by atoms with Gasteiger partial charge in [0.1, 0.15) is 0 Å². The zero-order chi connectivity index (χ0) is 9.97. The predicted molar refractivity (Wildman–Crippen MR) is 53.2 cm³/mol. The standard InChI is InChI=1S/C11H9NO2/c13-11(14)9-4-1-3-8(7-9)10-5-2-6-12-10/h1-7,12H,(H,13,14). The molecule has 2 rings (SSSR count). The molecule has 0 aliphatic carbocycles. The summed E-state index contributed by atoms with van der Waals surface area (Å²) < 4.78 is 0. The Hall–Kier alpha value is -2.03. The molecule has 70 valence electrons. The van der Waals surface area contributed by atoms with Gasteiger partial charge in [-0.25, -0.2) is 4.79 Å². The predicted octanol–water partition coefficient (Wildman–Crippen LogP) is 2.38. The van der Waals surface area contributed by atoms with Crippen LogP contribution in [-0.2, 0) is 0 Å². The maximum Gasteiger partial charge on any atom is 0.335 e. The van der Waals surface area contributed by atoms with Gasteiger partial charge in [0.2, 0.25) is 0 Å². The topological polar surface area (TPSA) is 53.1 Å². The van der Waals surface area contributed by atoms with Crippen LogP contribution < -0.4 is 0 Å². The van der Waals surface area contributed by atoms with Crippen LogP contribution in [0.5, 0.6) is 0 Å². The van der Waals surface area contributed by atoms with Crippen molar-refractivity contribution in [1.82, 2.24) is 4.98 Å². The molecule has 0 atom stereocenters. The Morgan fingerprint density at radius 3 is 2.71 bits per heavy atom. The van der Waals surface area contributed by atoms with Crippen molar-refractivity contribution < 1.29 is 9.90 Å². The second-order valence-corrected chi connectivity index (χ2v) is 2.97. The van der Waals surface area contributed by atoms with Crippen LogP contribution in [0.15, 0.2) is 42.6 Å². The van der Waals surface area contributed by atoms with Crippen molar-refractivity contribution in [2.75, 3.05) is 0 Å². The van der Waals surface area contributed by atoms with E-state index in [-0.39, 0.29) is 0 Å². The Labute approximate surface area is 81.0 Å². The van der Waals surface area contributed by atoms with Crippen LogP contribution in [0.1, 0.15) is 10.4 Å². The summed E-state index contributed by atoms with van der Waals surface area (Å²) in [4.78, 5) is 13.7. The minimum Gasteiger partial charge on any atom is -0.478 e. The third-order valence-electron chi connectivity index (χ3n) is 2.02. The van der Waals surface area contributed by atoms with Gasteiger partial charge in [0.25, 0.3) is 0 Å². The smallest absolute Gasteiger partial charge is 0.335 e. The second kappa shape index (κ2) is 3.38. The zero-order valence-electron chi connectivity index (χ0n) is 7.40. The number of carbonyl (C=O) groups is 1. The van der Waals surface area contributed by atoms with Crippen LogP contribution >= 0.6 is 0 Å². The van der Waals surface area contributed by atoms with Gasteiger partial charge in [-0.3, -0.25) is 0 Å². The normalized spacial score (nSPS) is 10.0. The minimum atomic E-state index is -0.904. The number of aromatic nitrogens is 1. The Bertz CT molecular complexity index is 446. The summed E-state index contributed by atoms with van der Waals surface area (Å²) in [6.45, 7) is 0. The number of H-pyrrole nitrogens is 1. The highest BCUT2D eigenvalue weighted by Crippen LogP contribution is 2.17. The first-order valence-electron chi connectivity index (χ1n) is 4.24. The lowest BCUT2D eigenvalue weighted by molar-refractivity contribution is 0.0697. The average molecular weight is 187 g/mol. The minimum absolute atomic E-state index is 0.303. The maximum atomic E-state index is 10.7. The molecule has 0 unspecified atom stereocenters. The van der Waals surface area contributed by atoms with Crippen molar-refractivity contribution in [2.24, 2.45) is 0 Å². The number of aromatic amines is 1. The van der Waals surface area contributed by atoms with Gasteiger partial charge in [-0.05, 0) is 29.8 Å². The van der Waals surface area contributed by atoms with Crippen molar-refractivity contribution in [1.29, 1.82) is 0 Å². The summed E-state index contributed by atoms with van der Waals surface area (Å²) in [6, 6.07) is 10.6. The summed E-state index contributed by atoms with van der Waals surface area (Å²) >= 11 is 0. The number of hydrogen-bond acceptors (Lipinski definition) is 1. The number of nitrogens with one attached hydrogen (secondary N) is 1. The van der Waals surface area contributed by atoms with Gasteiger partial charge >= 0.3 is 5.97 Å². The van der Waals surface area contributed by atoms with Crippen molar-refractivity contribution in [3.8, 4) is 11.3 Å². The third-order valence-corrected chi connectivity index (χ3v) is 2.02. The van der Waals surface area contributed by atoms with Crippen LogP contribution in [0.3, 0.4) is 0 Å². The van der Waals surface area contributed by atoms with E-state index >= 15 is 0 Å². The Morgan fingerprint density at radius 2 is 2.07 bits per heavy atom. The molecule has 0 saturated heterocycles. The average Bonchev–Trinajstić information content (AvgIpc) is 2.71. The molecular weight excluding hydrogens is 178 g/mol. The fourth-order valence-electron chi connectivity index (χ4n) is 1.33. The maximum absolute atomic E-state index is 10.7. The summed E-state index contributed by atoms with van der Waals surface area (Å²) in [6.07, 6.45) is 1.81. The molecule has 0 fully saturated rings. The highest BCUT2D eigenvalue weighted by molar-refractivity contribution is 5.89. The van der Waals surface area contributed by atoms with E-state index in [4.69, 9.17) is 5.11 Å². The first-order chi connectivity index (χ1) is 6.77. The Kier molecular flexibility index (Phi) is 2.07. The lowest BCUT2D eigenvalue weighted by atomic mass is 10.1. The number of carboxylic acid groups (broad SMARTS) is 1. The zero-order valence-corrected chi connectivity index (χ0v) is 7.40. The molecule has 0 bridgehead atoms. The molecular formula is C11H9NO2. The molecule has 3 heteroatoms. The lowest BCUT2D eigenvalue weighted by Gasteiger charge is -1.99. The monoisotopic (exact) mass is 187 g/mol. The first-order valence-corrected chi connectivity index (χ1v) is 4.24. The van der Waals surface area contributed by atoms with Crippen molar-refractivity contribution >= 4 is 5.97 Å². The Balaban J connectivity index is 2.46. The van der Waals surface area contributed by atoms with Crippen molar-refractivity contribution in [3.05, 3.63) is 48.2 Å². The molecule has 0 amide bonds. The SMILES string of the molecule is O=C(O)c1cccc(-c2ccc[nH]2)c1. The summed E-state index contributed by atoms with van der Waals surface area (Å²) in [5.41, 5.74) is 2.11. The van der Waals surface area contributed by atoms with Crippen LogP contribution in [0.4, 0.5) is 0 Å². The fraction of sp³-hybridized carbons (Fsp3) is 0. The van der Waals surface area contributed by atoms with E-state index in [1.54, 1.807) is 18.2 Å². The van der Waals surface area contributed by atoms with Gasteiger partial charge in [-0.1, -0.05) is 12.1 Å². The van der Waals surface area contributed by atoms with Crippen LogP contribution in [-0.4, -0.2) is 16.1 Å². The number of rotatable bonds is 2. The lowest BCUT2D eigenvalue weighted by Crippen LogP contribution is -1.95. The largest absolute Gasteiger partial charge is 0.478 e. The molecule has 0 spiro atoms. The van der Waals surface area contributed by atoms with Gasteiger partial charge in [0.05, 0.1) is 5.56 Å². The molecule has 2 aromatic rings. The molecule has 0 aliphatic heterocycles. The van der Waals surface area contributed by atoms with Crippen LogP contribution in [0.25, 0.3) is 11.3 Å². The van der Waals surface area contributed by atoms with E-state index in [0.717, 1.165) is 11.3 Å². The molecule has 0 saturated carbocycles. The molecule has 1 aromatic carbocycles. The summed E-state index contributed by atoms with van der Waals surface area (Å²) in [5, 5.41) is 8.80. The highest BCUT2D eigenvalue weighted by Gasteiger charge is 2.04. The number of aromatic carboxylic acids is 1. The number of carboxylic acids is 1. The van der Waals surface area contributed by atoms with Gasteiger partial charge in [-0.2, -0.15) is 0 Å². The van der Waals surface area contributed by atoms with Gasteiger partial charge in [0.15, 0.2) is 0 Å². The quantitative estimate of drug-likeness (QED) is 0.758. The molecule has 1 heterocycles. The second-order valence-electron chi connectivity index (χ2n) is 2.97. The molecule has 1 aromatic heterocycles. The molecule has 14 heavy (non-hydrogen) atoms. The van der Waals surface area contributed by atoms with E-state index in [0.29, 0.717) is 5.56 Å².